The van der Waals surface area contributed by atoms with Gasteiger partial charge < -0.3 is 14.8 Å². The Labute approximate surface area is 184 Å². The van der Waals surface area contributed by atoms with Gasteiger partial charge in [0.25, 0.3) is 0 Å². The van der Waals surface area contributed by atoms with Crippen LogP contribution in [0, 0.1) is 0 Å². The average molecular weight is 445 g/mol. The summed E-state index contributed by atoms with van der Waals surface area (Å²) < 4.78 is 12.4. The topological polar surface area (TPSA) is 78.3 Å². The molecule has 1 aromatic heterocycles. The number of rotatable bonds is 9. The Balaban J connectivity index is 1.73. The Morgan fingerprint density at radius 1 is 1.20 bits per heavy atom. The summed E-state index contributed by atoms with van der Waals surface area (Å²) in [6, 6.07) is 12.6. The zero-order valence-electron chi connectivity index (χ0n) is 16.6. The molecule has 0 unspecified atom stereocenters. The Morgan fingerprint density at radius 3 is 2.63 bits per heavy atom. The molecular weight excluding hydrogens is 424 g/mol. The molecule has 0 saturated heterocycles. The van der Waals surface area contributed by atoms with Crippen LogP contribution in [0.4, 0.5) is 5.69 Å². The number of aromatic nitrogens is 3. The minimum atomic E-state index is -0.209. The largest absolute Gasteiger partial charge is 0.497 e. The Bertz CT molecular complexity index is 1040. The number of methoxy groups -OCH3 is 2. The number of amides is 1. The van der Waals surface area contributed by atoms with E-state index >= 15 is 0 Å². The van der Waals surface area contributed by atoms with Crippen LogP contribution in [-0.2, 0) is 11.3 Å². The van der Waals surface area contributed by atoms with E-state index < -0.39 is 0 Å². The lowest BCUT2D eigenvalue weighted by molar-refractivity contribution is -0.113. The molecule has 0 fully saturated rings. The van der Waals surface area contributed by atoms with E-state index in [-0.39, 0.29) is 11.7 Å². The highest BCUT2D eigenvalue weighted by molar-refractivity contribution is 7.99. The maximum Gasteiger partial charge on any atom is 0.234 e. The van der Waals surface area contributed by atoms with E-state index in [1.807, 2.05) is 28.8 Å². The first-order chi connectivity index (χ1) is 14.5. The molecule has 1 N–H and O–H groups in total. The van der Waals surface area contributed by atoms with E-state index in [4.69, 9.17) is 21.1 Å². The number of anilines is 1. The Kier molecular flexibility index (Phi) is 7.37. The van der Waals surface area contributed by atoms with Crippen molar-refractivity contribution in [1.82, 2.24) is 14.8 Å². The van der Waals surface area contributed by atoms with Gasteiger partial charge in [0.05, 0.1) is 25.7 Å². The number of carbonyl (C=O) groups excluding carboxylic acids is 1. The minimum Gasteiger partial charge on any atom is -0.497 e. The molecular formula is C21H21ClN4O3S. The van der Waals surface area contributed by atoms with Crippen molar-refractivity contribution in [2.75, 3.05) is 25.3 Å². The summed E-state index contributed by atoms with van der Waals surface area (Å²) in [5.74, 6) is 1.93. The maximum atomic E-state index is 12.5. The van der Waals surface area contributed by atoms with Crippen LogP contribution < -0.4 is 14.8 Å². The molecule has 30 heavy (non-hydrogen) atoms. The van der Waals surface area contributed by atoms with Crippen molar-refractivity contribution >= 4 is 35.0 Å². The molecule has 3 rings (SSSR count). The van der Waals surface area contributed by atoms with Crippen molar-refractivity contribution in [3.8, 4) is 22.9 Å². The Morgan fingerprint density at radius 2 is 1.97 bits per heavy atom. The highest BCUT2D eigenvalue weighted by Gasteiger charge is 2.16. The van der Waals surface area contributed by atoms with Crippen molar-refractivity contribution in [2.24, 2.45) is 0 Å². The third kappa shape index (κ3) is 5.14. The van der Waals surface area contributed by atoms with Gasteiger partial charge in [-0.3, -0.25) is 9.36 Å². The summed E-state index contributed by atoms with van der Waals surface area (Å²) in [5.41, 5.74) is 1.41. The van der Waals surface area contributed by atoms with E-state index in [0.29, 0.717) is 34.0 Å². The molecule has 0 aliphatic heterocycles. The highest BCUT2D eigenvalue weighted by Crippen LogP contribution is 2.29. The zero-order valence-corrected chi connectivity index (χ0v) is 18.2. The van der Waals surface area contributed by atoms with Crippen LogP contribution in [0.1, 0.15) is 0 Å². The van der Waals surface area contributed by atoms with Gasteiger partial charge in [0.2, 0.25) is 5.91 Å². The fourth-order valence-electron chi connectivity index (χ4n) is 2.74. The number of hydrogen-bond donors (Lipinski definition) is 1. The molecule has 0 atom stereocenters. The Hall–Kier alpha value is -2.97. The highest BCUT2D eigenvalue weighted by atomic mass is 35.5. The number of thioether (sulfide) groups is 1. The molecule has 0 saturated carbocycles. The number of benzene rings is 2. The van der Waals surface area contributed by atoms with E-state index in [2.05, 4.69) is 22.1 Å². The fourth-order valence-corrected chi connectivity index (χ4v) is 3.66. The van der Waals surface area contributed by atoms with Gasteiger partial charge in [-0.25, -0.2) is 0 Å². The zero-order chi connectivity index (χ0) is 21.5. The normalized spacial score (nSPS) is 10.5. The molecule has 9 heteroatoms. The number of nitrogens with one attached hydrogen (secondary N) is 1. The van der Waals surface area contributed by atoms with Crippen LogP contribution in [0.15, 0.2) is 60.3 Å². The molecule has 0 radical (unpaired) electrons. The van der Waals surface area contributed by atoms with Gasteiger partial charge in [0.15, 0.2) is 11.0 Å². The fraction of sp³-hybridized carbons (Fsp3) is 0.190. The van der Waals surface area contributed by atoms with Crippen molar-refractivity contribution < 1.29 is 14.3 Å². The minimum absolute atomic E-state index is 0.146. The van der Waals surface area contributed by atoms with Gasteiger partial charge in [-0.2, -0.15) is 0 Å². The van der Waals surface area contributed by atoms with E-state index in [9.17, 15) is 4.79 Å². The average Bonchev–Trinajstić information content (AvgIpc) is 3.15. The van der Waals surface area contributed by atoms with E-state index in [1.165, 1.54) is 18.9 Å². The molecule has 1 amide bonds. The lowest BCUT2D eigenvalue weighted by atomic mass is 10.2. The molecule has 156 valence electrons. The van der Waals surface area contributed by atoms with Gasteiger partial charge in [-0.1, -0.05) is 29.4 Å². The summed E-state index contributed by atoms with van der Waals surface area (Å²) in [5, 5.41) is 12.5. The summed E-state index contributed by atoms with van der Waals surface area (Å²) >= 11 is 7.30. The van der Waals surface area contributed by atoms with Crippen LogP contribution in [0.2, 0.25) is 5.02 Å². The summed E-state index contributed by atoms with van der Waals surface area (Å²) in [7, 11) is 3.15. The van der Waals surface area contributed by atoms with Crippen molar-refractivity contribution in [1.29, 1.82) is 0 Å². The van der Waals surface area contributed by atoms with Crippen LogP contribution in [0.5, 0.6) is 11.5 Å². The maximum absolute atomic E-state index is 12.5. The van der Waals surface area contributed by atoms with E-state index in [1.54, 1.807) is 31.4 Å². The summed E-state index contributed by atoms with van der Waals surface area (Å²) in [4.78, 5) is 12.5. The second-order valence-corrected chi connectivity index (χ2v) is 7.49. The van der Waals surface area contributed by atoms with Crippen LogP contribution in [0.3, 0.4) is 0 Å². The van der Waals surface area contributed by atoms with Crippen molar-refractivity contribution in [3.63, 3.8) is 0 Å². The smallest absolute Gasteiger partial charge is 0.234 e. The van der Waals surface area contributed by atoms with Crippen LogP contribution in [-0.4, -0.2) is 40.6 Å². The predicted molar refractivity (Wildman–Crippen MR) is 120 cm³/mol. The number of halogens is 1. The number of allylic oxidation sites excluding steroid dienone is 1. The number of nitrogens with zero attached hydrogens (tertiary/aromatic N) is 3. The van der Waals surface area contributed by atoms with Gasteiger partial charge in [0.1, 0.15) is 11.5 Å². The third-order valence-corrected chi connectivity index (χ3v) is 5.35. The molecule has 3 aromatic rings. The lowest BCUT2D eigenvalue weighted by Gasteiger charge is -2.11. The van der Waals surface area contributed by atoms with Gasteiger partial charge in [-0.05, 0) is 42.5 Å². The molecule has 0 aliphatic carbocycles. The van der Waals surface area contributed by atoms with Crippen LogP contribution >= 0.6 is 23.4 Å². The first-order valence-corrected chi connectivity index (χ1v) is 10.4. The standard InChI is InChI=1S/C21H21ClN4O3S/c1-4-11-26-20(14-5-8-16(28-2)9-6-14)24-25-21(26)30-13-19(27)23-17-12-15(22)7-10-18(17)29-3/h4-10,12H,1,11,13H2,2-3H3,(H,23,27). The quantitative estimate of drug-likeness (QED) is 0.386. The number of hydrogen-bond acceptors (Lipinski definition) is 6. The van der Waals surface area contributed by atoms with E-state index in [0.717, 1.165) is 11.3 Å². The summed E-state index contributed by atoms with van der Waals surface area (Å²) in [6.45, 7) is 4.32. The van der Waals surface area contributed by atoms with Crippen molar-refractivity contribution in [3.05, 3.63) is 60.1 Å². The molecule has 0 bridgehead atoms. The van der Waals surface area contributed by atoms with Gasteiger partial charge >= 0.3 is 0 Å². The number of ether oxygens (including phenoxy) is 2. The second-order valence-electron chi connectivity index (χ2n) is 6.12. The SMILES string of the molecule is C=CCn1c(SCC(=O)Nc2cc(Cl)ccc2OC)nnc1-c1ccc(OC)cc1. The molecule has 7 nitrogen and oxygen atoms in total. The second kappa shape index (κ2) is 10.2. The molecule has 2 aromatic carbocycles. The molecule has 1 heterocycles. The van der Waals surface area contributed by atoms with Crippen LogP contribution in [0.25, 0.3) is 11.4 Å². The summed E-state index contributed by atoms with van der Waals surface area (Å²) in [6.07, 6.45) is 1.76. The molecule has 0 aliphatic rings. The predicted octanol–water partition coefficient (Wildman–Crippen LogP) is 4.53. The molecule has 0 spiro atoms. The van der Waals surface area contributed by atoms with Gasteiger partial charge in [-0.15, -0.1) is 16.8 Å². The third-order valence-electron chi connectivity index (χ3n) is 4.14. The van der Waals surface area contributed by atoms with Crippen molar-refractivity contribution in [2.45, 2.75) is 11.7 Å². The first kappa shape index (κ1) is 21.7. The lowest BCUT2D eigenvalue weighted by Crippen LogP contribution is -2.15. The monoisotopic (exact) mass is 444 g/mol. The number of carbonyl (C=O) groups is 1. The first-order valence-electron chi connectivity index (χ1n) is 9.00. The van der Waals surface area contributed by atoms with Gasteiger partial charge in [0, 0.05) is 17.1 Å².